The van der Waals surface area contributed by atoms with Gasteiger partial charge in [-0.2, -0.15) is 0 Å². The van der Waals surface area contributed by atoms with Crippen LogP contribution < -0.4 is 9.66 Å². The van der Waals surface area contributed by atoms with Crippen molar-refractivity contribution in [3.8, 4) is 0 Å². The smallest absolute Gasteiger partial charge is 0.211 e. The van der Waals surface area contributed by atoms with E-state index in [9.17, 15) is 0 Å². The summed E-state index contributed by atoms with van der Waals surface area (Å²) in [5.41, 5.74) is 7.67. The predicted octanol–water partition coefficient (Wildman–Crippen LogP) is 3.45. The molecule has 86 valence electrons. The molecule has 0 unspecified atom stereocenters. The van der Waals surface area contributed by atoms with Crippen LogP contribution in [0.3, 0.4) is 0 Å². The van der Waals surface area contributed by atoms with Gasteiger partial charge >= 0.3 is 0 Å². The summed E-state index contributed by atoms with van der Waals surface area (Å²) in [6.45, 7) is 0. The maximum absolute atomic E-state index is 5.91. The number of anilines is 1. The van der Waals surface area contributed by atoms with Gasteiger partial charge in [0.1, 0.15) is 0 Å². The molecule has 0 radical (unpaired) electrons. The van der Waals surface area contributed by atoms with Gasteiger partial charge in [-0.05, 0) is 24.3 Å². The Balaban J connectivity index is 2.21. The van der Waals surface area contributed by atoms with E-state index >= 15 is 0 Å². The highest BCUT2D eigenvalue weighted by atomic mass is 79.9. The Hall–Kier alpha value is -1.81. The number of hydrogen-bond acceptors (Lipinski definition) is 1. The summed E-state index contributed by atoms with van der Waals surface area (Å²) >= 11 is 3.39. The summed E-state index contributed by atoms with van der Waals surface area (Å²) in [5, 5.41) is 0. The standard InChI is InChI=1S/C13H12BrN3/c14-17(12-9-5-2-6-10-12)13(15)16-11-7-3-1-4-8-11/h1-10H,(H2,15,16). The van der Waals surface area contributed by atoms with Crippen LogP contribution in [0.15, 0.2) is 65.7 Å². The Morgan fingerprint density at radius 2 is 1.47 bits per heavy atom. The molecule has 0 spiro atoms. The zero-order valence-electron chi connectivity index (χ0n) is 9.12. The molecule has 3 nitrogen and oxygen atoms in total. The van der Waals surface area contributed by atoms with Gasteiger partial charge in [0, 0.05) is 0 Å². The van der Waals surface area contributed by atoms with Crippen LogP contribution in [-0.2, 0) is 0 Å². The lowest BCUT2D eigenvalue weighted by Crippen LogP contribution is -2.28. The molecule has 0 aliphatic carbocycles. The molecule has 0 saturated carbocycles. The summed E-state index contributed by atoms with van der Waals surface area (Å²) in [4.78, 5) is 4.31. The number of rotatable bonds is 2. The third-order valence-electron chi connectivity index (χ3n) is 2.18. The first-order valence-electron chi connectivity index (χ1n) is 5.17. The highest BCUT2D eigenvalue weighted by molar-refractivity contribution is 9.10. The molecule has 2 rings (SSSR count). The average Bonchev–Trinajstić information content (AvgIpc) is 2.40. The van der Waals surface area contributed by atoms with Crippen molar-refractivity contribution in [1.29, 1.82) is 0 Å². The number of hydrogen-bond donors (Lipinski definition) is 1. The molecule has 0 bridgehead atoms. The van der Waals surface area contributed by atoms with Crippen molar-refractivity contribution in [2.45, 2.75) is 0 Å². The Kier molecular flexibility index (Phi) is 3.77. The monoisotopic (exact) mass is 289 g/mol. The molecular formula is C13H12BrN3. The molecule has 2 aromatic rings. The lowest BCUT2D eigenvalue weighted by atomic mass is 10.3. The number of benzene rings is 2. The van der Waals surface area contributed by atoms with Gasteiger partial charge in [-0.25, -0.2) is 8.92 Å². The first-order chi connectivity index (χ1) is 8.27. The Bertz CT molecular complexity index is 497. The van der Waals surface area contributed by atoms with Gasteiger partial charge in [-0.1, -0.05) is 36.4 Å². The van der Waals surface area contributed by atoms with Gasteiger partial charge in [0.25, 0.3) is 0 Å². The van der Waals surface area contributed by atoms with E-state index in [4.69, 9.17) is 5.73 Å². The fraction of sp³-hybridized carbons (Fsp3) is 0. The average molecular weight is 290 g/mol. The van der Waals surface area contributed by atoms with Crippen molar-refractivity contribution < 1.29 is 0 Å². The van der Waals surface area contributed by atoms with Gasteiger partial charge in [0.05, 0.1) is 27.5 Å². The topological polar surface area (TPSA) is 41.6 Å². The minimum absolute atomic E-state index is 0.391. The van der Waals surface area contributed by atoms with E-state index in [1.807, 2.05) is 60.7 Å². The molecule has 0 aliphatic heterocycles. The second-order valence-corrected chi connectivity index (χ2v) is 4.13. The lowest BCUT2D eigenvalue weighted by Gasteiger charge is -2.14. The summed E-state index contributed by atoms with van der Waals surface area (Å²) in [7, 11) is 0. The fourth-order valence-electron chi connectivity index (χ4n) is 1.37. The van der Waals surface area contributed by atoms with Gasteiger partial charge in [-0.15, -0.1) is 0 Å². The van der Waals surface area contributed by atoms with Gasteiger partial charge in [-0.3, -0.25) is 0 Å². The van der Waals surface area contributed by atoms with E-state index in [0.29, 0.717) is 5.96 Å². The Labute approximate surface area is 109 Å². The van der Waals surface area contributed by atoms with Crippen molar-refractivity contribution in [2.75, 3.05) is 3.93 Å². The van der Waals surface area contributed by atoms with Crippen LogP contribution in [0.25, 0.3) is 0 Å². The van der Waals surface area contributed by atoms with Crippen LogP contribution in [0.1, 0.15) is 0 Å². The van der Waals surface area contributed by atoms with E-state index in [-0.39, 0.29) is 0 Å². The van der Waals surface area contributed by atoms with E-state index in [1.165, 1.54) is 0 Å². The largest absolute Gasteiger partial charge is 0.369 e. The Morgan fingerprint density at radius 3 is 2.06 bits per heavy atom. The first kappa shape index (κ1) is 11.7. The van der Waals surface area contributed by atoms with Crippen LogP contribution in [0.4, 0.5) is 11.4 Å². The molecule has 0 aromatic heterocycles. The van der Waals surface area contributed by atoms with E-state index in [2.05, 4.69) is 21.1 Å². The van der Waals surface area contributed by atoms with E-state index in [1.54, 1.807) is 3.93 Å². The maximum atomic E-state index is 5.91. The number of aliphatic imine (C=N–C) groups is 1. The molecular weight excluding hydrogens is 278 g/mol. The summed E-state index contributed by atoms with van der Waals surface area (Å²) in [5.74, 6) is 0.391. The minimum atomic E-state index is 0.391. The third-order valence-corrected chi connectivity index (χ3v) is 2.96. The van der Waals surface area contributed by atoms with Crippen LogP contribution in [0.5, 0.6) is 0 Å². The summed E-state index contributed by atoms with van der Waals surface area (Å²) in [6, 6.07) is 19.3. The molecule has 2 N–H and O–H groups in total. The molecule has 0 atom stereocenters. The predicted molar refractivity (Wildman–Crippen MR) is 75.6 cm³/mol. The van der Waals surface area contributed by atoms with Crippen LogP contribution >= 0.6 is 16.1 Å². The molecule has 4 heteroatoms. The van der Waals surface area contributed by atoms with Crippen LogP contribution in [0.2, 0.25) is 0 Å². The van der Waals surface area contributed by atoms with Crippen LogP contribution in [0, 0.1) is 0 Å². The van der Waals surface area contributed by atoms with Crippen molar-refractivity contribution >= 4 is 33.5 Å². The quantitative estimate of drug-likeness (QED) is 0.523. The zero-order chi connectivity index (χ0) is 12.1. The van der Waals surface area contributed by atoms with Crippen molar-refractivity contribution in [3.05, 3.63) is 60.7 Å². The lowest BCUT2D eigenvalue weighted by molar-refractivity contribution is 1.39. The van der Waals surface area contributed by atoms with Gasteiger partial charge in [0.15, 0.2) is 0 Å². The number of para-hydroxylation sites is 2. The SMILES string of the molecule is NC(=Nc1ccccc1)N(Br)c1ccccc1. The highest BCUT2D eigenvalue weighted by Crippen LogP contribution is 2.18. The van der Waals surface area contributed by atoms with Crippen molar-refractivity contribution in [2.24, 2.45) is 10.7 Å². The summed E-state index contributed by atoms with van der Waals surface area (Å²) < 4.78 is 1.67. The van der Waals surface area contributed by atoms with Crippen LogP contribution in [-0.4, -0.2) is 5.96 Å². The molecule has 17 heavy (non-hydrogen) atoms. The summed E-state index contributed by atoms with van der Waals surface area (Å²) in [6.07, 6.45) is 0. The van der Waals surface area contributed by atoms with Gasteiger partial charge < -0.3 is 5.73 Å². The molecule has 0 amide bonds. The van der Waals surface area contributed by atoms with Crippen molar-refractivity contribution in [3.63, 3.8) is 0 Å². The molecule has 0 fully saturated rings. The number of nitrogens with two attached hydrogens (primary N) is 1. The minimum Gasteiger partial charge on any atom is -0.369 e. The maximum Gasteiger partial charge on any atom is 0.211 e. The molecule has 2 aromatic carbocycles. The number of halogens is 1. The second kappa shape index (κ2) is 5.50. The van der Waals surface area contributed by atoms with Gasteiger partial charge in [0.2, 0.25) is 5.96 Å². The zero-order valence-corrected chi connectivity index (χ0v) is 10.7. The van der Waals surface area contributed by atoms with E-state index in [0.717, 1.165) is 11.4 Å². The number of guanidine groups is 1. The van der Waals surface area contributed by atoms with Crippen molar-refractivity contribution in [1.82, 2.24) is 0 Å². The third kappa shape index (κ3) is 3.07. The molecule has 0 heterocycles. The Morgan fingerprint density at radius 1 is 0.941 bits per heavy atom. The molecule has 0 aliphatic rings. The highest BCUT2D eigenvalue weighted by Gasteiger charge is 2.06. The second-order valence-electron chi connectivity index (χ2n) is 3.42. The fourth-order valence-corrected chi connectivity index (χ4v) is 1.69. The molecule has 0 saturated heterocycles. The van der Waals surface area contributed by atoms with E-state index < -0.39 is 0 Å². The normalized spacial score (nSPS) is 11.2. The number of nitrogens with zero attached hydrogens (tertiary/aromatic N) is 2. The first-order valence-corrected chi connectivity index (χ1v) is 5.88.